The molecule has 1 aromatic rings. The quantitative estimate of drug-likeness (QED) is 0.183. The maximum atomic E-state index is 11.7. The molecule has 0 aliphatic heterocycles. The number of hydrogen-bond acceptors (Lipinski definition) is 6. The zero-order valence-corrected chi connectivity index (χ0v) is 28.1. The number of aliphatic hydroxyl groups excluding tert-OH is 3. The van der Waals surface area contributed by atoms with Crippen molar-refractivity contribution in [3.05, 3.63) is 29.8 Å². The monoisotopic (exact) mass is 745 g/mol. The van der Waals surface area contributed by atoms with Crippen molar-refractivity contribution in [1.29, 1.82) is 0 Å². The van der Waals surface area contributed by atoms with Crippen molar-refractivity contribution in [2.24, 2.45) is 11.8 Å². The van der Waals surface area contributed by atoms with Gasteiger partial charge in [0.2, 0.25) is 0 Å². The highest BCUT2D eigenvalue weighted by Crippen LogP contribution is 2.14. The van der Waals surface area contributed by atoms with Crippen molar-refractivity contribution < 1.29 is 51.9 Å². The van der Waals surface area contributed by atoms with Crippen LogP contribution in [-0.2, 0) is 14.3 Å². The number of rotatable bonds is 11. The summed E-state index contributed by atoms with van der Waals surface area (Å²) < 4.78 is 29.6. The van der Waals surface area contributed by atoms with Crippen LogP contribution in [0.15, 0.2) is 29.2 Å². The van der Waals surface area contributed by atoms with E-state index in [2.05, 4.69) is 43.4 Å². The minimum absolute atomic E-state index is 0. The lowest BCUT2D eigenvalue weighted by atomic mass is 10.2. The van der Waals surface area contributed by atoms with Gasteiger partial charge in [-0.25, -0.2) is 0 Å². The zero-order chi connectivity index (χ0) is 27.2. The number of aliphatic hydroxyl groups is 3. The van der Waals surface area contributed by atoms with Crippen molar-refractivity contribution >= 4 is 32.7 Å². The van der Waals surface area contributed by atoms with Crippen LogP contribution in [-0.4, -0.2) is 53.6 Å². The van der Waals surface area contributed by atoms with Crippen LogP contribution in [0.4, 0.5) is 0 Å². The molecule has 0 amide bonds. The van der Waals surface area contributed by atoms with Crippen LogP contribution in [0, 0.1) is 18.8 Å². The predicted octanol–water partition coefficient (Wildman–Crippen LogP) is 3.13. The van der Waals surface area contributed by atoms with Gasteiger partial charge in [0.15, 0.2) is 0 Å². The Hall–Kier alpha value is 0.470. The third-order valence-electron chi connectivity index (χ3n) is 4.18. The van der Waals surface area contributed by atoms with Crippen LogP contribution in [0.25, 0.3) is 0 Å². The number of alkyl halides is 1. The third kappa shape index (κ3) is 34.5. The number of halogens is 2. The van der Waals surface area contributed by atoms with E-state index in [4.69, 9.17) is 19.5 Å². The molecule has 0 fully saturated rings. The van der Waals surface area contributed by atoms with Gasteiger partial charge in [-0.1, -0.05) is 81.3 Å². The lowest BCUT2D eigenvalue weighted by Crippen LogP contribution is -3.00. The molecule has 35 heavy (non-hydrogen) atoms. The first-order valence-corrected chi connectivity index (χ1v) is 15.2. The van der Waals surface area contributed by atoms with Crippen LogP contribution in [0.3, 0.4) is 0 Å². The van der Waals surface area contributed by atoms with Crippen LogP contribution in [0.1, 0.15) is 86.1 Å². The molecule has 6 nitrogen and oxygen atoms in total. The van der Waals surface area contributed by atoms with E-state index in [9.17, 15) is 8.42 Å². The molecule has 212 valence electrons. The minimum atomic E-state index is -3.57. The Morgan fingerprint density at radius 2 is 1.31 bits per heavy atom. The Labute approximate surface area is 246 Å². The van der Waals surface area contributed by atoms with Gasteiger partial charge in [0, 0.05) is 6.61 Å². The first kappa shape index (κ1) is 42.6. The summed E-state index contributed by atoms with van der Waals surface area (Å²) in [6, 6.07) is 6.66. The Morgan fingerprint density at radius 3 is 1.54 bits per heavy atom. The predicted molar refractivity (Wildman–Crippen MR) is 152 cm³/mol. The molecule has 0 spiro atoms. The zero-order valence-electron chi connectivity index (χ0n) is 23.0. The summed E-state index contributed by atoms with van der Waals surface area (Å²) in [4.78, 5) is 0.224. The smallest absolute Gasteiger partial charge is 0.296 e. The summed E-state index contributed by atoms with van der Waals surface area (Å²) >= 11 is 2.40. The Balaban J connectivity index is -0.000000211. The number of benzene rings is 1. The lowest BCUT2D eigenvalue weighted by molar-refractivity contribution is -0.0000188. The fraction of sp³-hybridized carbons (Fsp3) is 0.769. The van der Waals surface area contributed by atoms with Crippen molar-refractivity contribution in [3.63, 3.8) is 0 Å². The van der Waals surface area contributed by atoms with Gasteiger partial charge in [0.05, 0.1) is 23.7 Å². The molecule has 0 saturated heterocycles. The number of aryl methyl sites for hydroxylation is 1. The average molecular weight is 746 g/mol. The van der Waals surface area contributed by atoms with Gasteiger partial charge < -0.3 is 39.3 Å². The van der Waals surface area contributed by atoms with E-state index in [-0.39, 0.29) is 54.3 Å². The standard InChI is InChI=1S/C12H18O3S.C5H11I.C5H12O.C4H10O2.HI/c1-10(2)8-9-15-16(13,14)12-6-4-11(3)5-7-12;1-5(2)3-4-6;1-3-4-5(2)6;1-4(6)2-3-5;/h4-7,10H,8-9H2,1-3H3;5H,3-4H2,1-2H3;5-6H,3-4H2,1-2H3;4-6H,2-3H2,1H3;1H/p-1/t;;5-;4-;/m..11./s1. The molecule has 0 heterocycles. The Kier molecular flexibility index (Phi) is 33.4. The molecule has 0 aliphatic carbocycles. The number of hydrogen-bond donors (Lipinski definition) is 3. The Bertz CT molecular complexity index is 625. The molecule has 0 aromatic heterocycles. The van der Waals surface area contributed by atoms with Crippen molar-refractivity contribution in [2.45, 2.75) is 105 Å². The summed E-state index contributed by atoms with van der Waals surface area (Å²) in [7, 11) is -3.57. The third-order valence-corrected chi connectivity index (χ3v) is 6.13. The van der Waals surface area contributed by atoms with E-state index in [1.165, 1.54) is 10.8 Å². The van der Waals surface area contributed by atoms with Crippen molar-refractivity contribution in [1.82, 2.24) is 0 Å². The molecule has 1 rings (SSSR count). The average Bonchev–Trinajstić information content (AvgIpc) is 2.69. The fourth-order valence-corrected chi connectivity index (χ4v) is 4.16. The highest BCUT2D eigenvalue weighted by atomic mass is 127. The van der Waals surface area contributed by atoms with Crippen LogP contribution in [0.2, 0.25) is 0 Å². The molecule has 9 heteroatoms. The van der Waals surface area contributed by atoms with Crippen molar-refractivity contribution in [2.75, 3.05) is 17.6 Å². The van der Waals surface area contributed by atoms with E-state index in [0.717, 1.165) is 30.7 Å². The molecule has 0 saturated carbocycles. The van der Waals surface area contributed by atoms with E-state index in [0.29, 0.717) is 12.3 Å². The maximum absolute atomic E-state index is 11.7. The van der Waals surface area contributed by atoms with Gasteiger partial charge in [-0.2, -0.15) is 8.42 Å². The normalized spacial score (nSPS) is 12.2. The van der Waals surface area contributed by atoms with Gasteiger partial charge in [0.25, 0.3) is 10.1 Å². The molecule has 1 aromatic carbocycles. The first-order chi connectivity index (χ1) is 15.7. The van der Waals surface area contributed by atoms with E-state index >= 15 is 0 Å². The molecule has 0 radical (unpaired) electrons. The molecule has 0 unspecified atom stereocenters. The summed E-state index contributed by atoms with van der Waals surface area (Å²) in [5.74, 6) is 1.33. The van der Waals surface area contributed by atoms with E-state index < -0.39 is 10.1 Å². The van der Waals surface area contributed by atoms with E-state index in [1.807, 2.05) is 27.7 Å². The highest BCUT2D eigenvalue weighted by Gasteiger charge is 2.14. The van der Waals surface area contributed by atoms with Crippen LogP contribution >= 0.6 is 22.6 Å². The lowest BCUT2D eigenvalue weighted by Gasteiger charge is -2.07. The molecule has 0 bridgehead atoms. The Morgan fingerprint density at radius 1 is 0.857 bits per heavy atom. The summed E-state index contributed by atoms with van der Waals surface area (Å²) in [5.41, 5.74) is 1.03. The topological polar surface area (TPSA) is 104 Å². The molecular formula is C26H51I2O6S-. The van der Waals surface area contributed by atoms with Gasteiger partial charge in [-0.05, 0) is 74.9 Å². The summed E-state index contributed by atoms with van der Waals surface area (Å²) in [6.45, 7) is 16.3. The largest absolute Gasteiger partial charge is 1.00 e. The first-order valence-electron chi connectivity index (χ1n) is 12.2. The van der Waals surface area contributed by atoms with Gasteiger partial charge >= 0.3 is 0 Å². The van der Waals surface area contributed by atoms with Crippen LogP contribution < -0.4 is 24.0 Å². The van der Waals surface area contributed by atoms with E-state index in [1.54, 1.807) is 31.2 Å². The van der Waals surface area contributed by atoms with Gasteiger partial charge in [-0.15, -0.1) is 0 Å². The molecule has 2 atom stereocenters. The highest BCUT2D eigenvalue weighted by molar-refractivity contribution is 14.1. The van der Waals surface area contributed by atoms with Gasteiger partial charge in [-0.3, -0.25) is 4.18 Å². The fourth-order valence-electron chi connectivity index (χ4n) is 1.99. The second-order valence-electron chi connectivity index (χ2n) is 9.14. The van der Waals surface area contributed by atoms with Crippen molar-refractivity contribution in [3.8, 4) is 0 Å². The second kappa shape index (κ2) is 27.5. The molecule has 0 aliphatic rings. The molecule has 3 N–H and O–H groups in total. The van der Waals surface area contributed by atoms with Crippen LogP contribution in [0.5, 0.6) is 0 Å². The molecular weight excluding hydrogens is 694 g/mol. The minimum Gasteiger partial charge on any atom is -1.00 e. The summed E-state index contributed by atoms with van der Waals surface area (Å²) in [5, 5.41) is 25.0. The SMILES string of the molecule is CC(C)CCI.CCC[C@@H](C)O.C[C@@H](O)CCO.Cc1ccc(S(=O)(=O)OCCC(C)C)cc1.[I-]. The van der Waals surface area contributed by atoms with Gasteiger partial charge in [0.1, 0.15) is 0 Å². The summed E-state index contributed by atoms with van der Waals surface area (Å²) in [6.07, 6.45) is 4.15. The second-order valence-corrected chi connectivity index (χ2v) is 11.8. The maximum Gasteiger partial charge on any atom is 0.296 e.